The van der Waals surface area contributed by atoms with Gasteiger partial charge >= 0.3 is 11.6 Å². The summed E-state index contributed by atoms with van der Waals surface area (Å²) in [5.74, 6) is -0.663. The largest absolute Gasteiger partial charge is 0.479 e. The van der Waals surface area contributed by atoms with E-state index in [1.807, 2.05) is 37.3 Å². The minimum atomic E-state index is -1.03. The molecular formula is C20H18O5. The minimum Gasteiger partial charge on any atom is -0.479 e. The van der Waals surface area contributed by atoms with Crippen molar-refractivity contribution in [1.29, 1.82) is 0 Å². The predicted octanol–water partition coefficient (Wildman–Crippen LogP) is 3.57. The van der Waals surface area contributed by atoms with Crippen LogP contribution in [0.5, 0.6) is 5.75 Å². The van der Waals surface area contributed by atoms with Crippen LogP contribution in [0.3, 0.4) is 0 Å². The van der Waals surface area contributed by atoms with Crippen LogP contribution in [-0.4, -0.2) is 17.2 Å². The van der Waals surface area contributed by atoms with Crippen molar-refractivity contribution in [3.8, 4) is 5.75 Å². The molecule has 0 aliphatic heterocycles. The van der Waals surface area contributed by atoms with Crippen LogP contribution in [0.4, 0.5) is 0 Å². The van der Waals surface area contributed by atoms with Gasteiger partial charge in [0.25, 0.3) is 0 Å². The third-order valence-electron chi connectivity index (χ3n) is 4.01. The third-order valence-corrected chi connectivity index (χ3v) is 4.01. The van der Waals surface area contributed by atoms with Gasteiger partial charge in [0.05, 0.1) is 0 Å². The molecule has 1 atom stereocenters. The zero-order valence-corrected chi connectivity index (χ0v) is 13.8. The Kier molecular flexibility index (Phi) is 4.84. The van der Waals surface area contributed by atoms with Crippen molar-refractivity contribution in [1.82, 2.24) is 0 Å². The van der Waals surface area contributed by atoms with E-state index in [0.717, 1.165) is 16.5 Å². The number of aliphatic carboxylic acids is 1. The fourth-order valence-electron chi connectivity index (χ4n) is 2.72. The molecule has 0 aliphatic rings. The van der Waals surface area contributed by atoms with Crippen LogP contribution < -0.4 is 10.4 Å². The van der Waals surface area contributed by atoms with E-state index in [1.165, 1.54) is 6.07 Å². The van der Waals surface area contributed by atoms with E-state index in [4.69, 9.17) is 9.15 Å². The maximum Gasteiger partial charge on any atom is 0.344 e. The van der Waals surface area contributed by atoms with Gasteiger partial charge in [-0.3, -0.25) is 0 Å². The molecule has 0 bridgehead atoms. The van der Waals surface area contributed by atoms with Gasteiger partial charge in [-0.1, -0.05) is 30.3 Å². The van der Waals surface area contributed by atoms with Gasteiger partial charge in [-0.05, 0) is 43.0 Å². The standard InChI is InChI=1S/C20H18O5/c1-13-11-19(21)25-18-12-15(8-9-16(13)18)24-17(20(22)23)10-7-14-5-3-2-4-6-14/h2-6,8-9,11-12,17H,7,10H2,1H3,(H,22,23). The van der Waals surface area contributed by atoms with Gasteiger partial charge < -0.3 is 14.3 Å². The SMILES string of the molecule is Cc1cc(=O)oc2cc(OC(CCc3ccccc3)C(=O)O)ccc12. The van der Waals surface area contributed by atoms with E-state index in [2.05, 4.69) is 0 Å². The summed E-state index contributed by atoms with van der Waals surface area (Å²) >= 11 is 0. The van der Waals surface area contributed by atoms with Gasteiger partial charge in [-0.15, -0.1) is 0 Å². The van der Waals surface area contributed by atoms with Crippen LogP contribution in [-0.2, 0) is 11.2 Å². The molecule has 1 N–H and O–H groups in total. The zero-order chi connectivity index (χ0) is 17.8. The third kappa shape index (κ3) is 4.07. The number of rotatable bonds is 6. The Labute approximate surface area is 144 Å². The first-order chi connectivity index (χ1) is 12.0. The number of fused-ring (bicyclic) bond motifs is 1. The number of ether oxygens (including phenoxy) is 1. The minimum absolute atomic E-state index is 0.342. The van der Waals surface area contributed by atoms with Gasteiger partial charge in [0.1, 0.15) is 11.3 Å². The lowest BCUT2D eigenvalue weighted by atomic mass is 10.1. The quantitative estimate of drug-likeness (QED) is 0.695. The molecule has 2 aromatic carbocycles. The van der Waals surface area contributed by atoms with Crippen LogP contribution in [0.25, 0.3) is 11.0 Å². The maximum absolute atomic E-state index is 11.5. The molecule has 1 heterocycles. The summed E-state index contributed by atoms with van der Waals surface area (Å²) in [4.78, 5) is 23.0. The highest BCUT2D eigenvalue weighted by Crippen LogP contribution is 2.23. The van der Waals surface area contributed by atoms with Crippen LogP contribution in [0.2, 0.25) is 0 Å². The van der Waals surface area contributed by atoms with Crippen molar-refractivity contribution in [2.45, 2.75) is 25.9 Å². The Bertz CT molecular complexity index is 943. The van der Waals surface area contributed by atoms with E-state index < -0.39 is 17.7 Å². The molecule has 0 aliphatic carbocycles. The van der Waals surface area contributed by atoms with Crippen LogP contribution in [0.1, 0.15) is 17.5 Å². The van der Waals surface area contributed by atoms with E-state index in [9.17, 15) is 14.7 Å². The molecule has 0 saturated carbocycles. The number of carbonyl (C=O) groups is 1. The highest BCUT2D eigenvalue weighted by Gasteiger charge is 2.19. The summed E-state index contributed by atoms with van der Waals surface area (Å²) in [7, 11) is 0. The van der Waals surface area contributed by atoms with Gasteiger partial charge in [-0.25, -0.2) is 9.59 Å². The van der Waals surface area contributed by atoms with Crippen molar-refractivity contribution < 1.29 is 19.1 Å². The van der Waals surface area contributed by atoms with Crippen LogP contribution in [0.15, 0.2) is 63.8 Å². The Morgan fingerprint density at radius 3 is 2.64 bits per heavy atom. The molecular weight excluding hydrogens is 320 g/mol. The highest BCUT2D eigenvalue weighted by molar-refractivity contribution is 5.81. The maximum atomic E-state index is 11.5. The van der Waals surface area contributed by atoms with Crippen molar-refractivity contribution in [3.63, 3.8) is 0 Å². The number of carboxylic acid groups (broad SMARTS) is 1. The number of carboxylic acids is 1. The number of hydrogen-bond acceptors (Lipinski definition) is 4. The second-order valence-electron chi connectivity index (χ2n) is 5.88. The summed E-state index contributed by atoms with van der Waals surface area (Å²) in [5.41, 5.74) is 1.80. The fraction of sp³-hybridized carbons (Fsp3) is 0.200. The van der Waals surface area contributed by atoms with Crippen LogP contribution >= 0.6 is 0 Å². The molecule has 5 nitrogen and oxygen atoms in total. The molecule has 3 rings (SSSR count). The van der Waals surface area contributed by atoms with Crippen molar-refractivity contribution >= 4 is 16.9 Å². The first kappa shape index (κ1) is 16.8. The second kappa shape index (κ2) is 7.21. The average molecular weight is 338 g/mol. The first-order valence-corrected chi connectivity index (χ1v) is 8.01. The molecule has 1 aromatic heterocycles. The molecule has 0 radical (unpaired) electrons. The van der Waals surface area contributed by atoms with Gasteiger partial charge in [-0.2, -0.15) is 0 Å². The topological polar surface area (TPSA) is 76.7 Å². The summed E-state index contributed by atoms with van der Waals surface area (Å²) in [6.45, 7) is 1.82. The summed E-state index contributed by atoms with van der Waals surface area (Å²) in [6, 6.07) is 16.1. The van der Waals surface area contributed by atoms with E-state index in [0.29, 0.717) is 24.2 Å². The number of aryl methyl sites for hydroxylation is 2. The van der Waals surface area contributed by atoms with Crippen molar-refractivity contribution in [2.75, 3.05) is 0 Å². The lowest BCUT2D eigenvalue weighted by Gasteiger charge is -2.15. The summed E-state index contributed by atoms with van der Waals surface area (Å²) in [6.07, 6.45) is -0.0384. The zero-order valence-electron chi connectivity index (χ0n) is 13.8. The molecule has 0 saturated heterocycles. The Hall–Kier alpha value is -3.08. The van der Waals surface area contributed by atoms with E-state index in [1.54, 1.807) is 18.2 Å². The second-order valence-corrected chi connectivity index (χ2v) is 5.88. The van der Waals surface area contributed by atoms with E-state index in [-0.39, 0.29) is 0 Å². The molecule has 5 heteroatoms. The molecule has 1 unspecified atom stereocenters. The summed E-state index contributed by atoms with van der Waals surface area (Å²) < 4.78 is 10.8. The van der Waals surface area contributed by atoms with Gasteiger partial charge in [0, 0.05) is 17.5 Å². The molecule has 0 spiro atoms. The van der Waals surface area contributed by atoms with Gasteiger partial charge in [0.15, 0.2) is 6.10 Å². The number of hydrogen-bond donors (Lipinski definition) is 1. The highest BCUT2D eigenvalue weighted by atomic mass is 16.5. The normalized spacial score (nSPS) is 12.0. The first-order valence-electron chi connectivity index (χ1n) is 8.01. The predicted molar refractivity (Wildman–Crippen MR) is 94.0 cm³/mol. The molecule has 0 amide bonds. The fourth-order valence-corrected chi connectivity index (χ4v) is 2.72. The lowest BCUT2D eigenvalue weighted by Crippen LogP contribution is -2.27. The smallest absolute Gasteiger partial charge is 0.344 e. The molecule has 3 aromatic rings. The lowest BCUT2D eigenvalue weighted by molar-refractivity contribution is -0.145. The Balaban J connectivity index is 1.79. The number of benzene rings is 2. The van der Waals surface area contributed by atoms with Crippen molar-refractivity contribution in [3.05, 3.63) is 76.1 Å². The van der Waals surface area contributed by atoms with Crippen LogP contribution in [0, 0.1) is 6.92 Å². The molecule has 128 valence electrons. The van der Waals surface area contributed by atoms with Gasteiger partial charge in [0.2, 0.25) is 0 Å². The van der Waals surface area contributed by atoms with E-state index >= 15 is 0 Å². The average Bonchev–Trinajstić information content (AvgIpc) is 2.58. The Morgan fingerprint density at radius 1 is 1.16 bits per heavy atom. The summed E-state index contributed by atoms with van der Waals surface area (Å²) in [5, 5.41) is 10.2. The Morgan fingerprint density at radius 2 is 1.92 bits per heavy atom. The molecule has 0 fully saturated rings. The molecule has 25 heavy (non-hydrogen) atoms. The monoisotopic (exact) mass is 338 g/mol. The van der Waals surface area contributed by atoms with Crippen molar-refractivity contribution in [2.24, 2.45) is 0 Å².